The number of benzene rings is 1. The van der Waals surface area contributed by atoms with Crippen LogP contribution in [0, 0.1) is 17.8 Å². The Morgan fingerprint density at radius 3 is 2.04 bits per heavy atom. The largest absolute Gasteiger partial charge is 0.352 e. The molecule has 0 atom stereocenters. The van der Waals surface area contributed by atoms with E-state index in [1.54, 1.807) is 0 Å². The van der Waals surface area contributed by atoms with E-state index in [4.69, 9.17) is 5.73 Å². The van der Waals surface area contributed by atoms with Crippen LogP contribution in [0.25, 0.3) is 0 Å². The Morgan fingerprint density at radius 2 is 1.54 bits per heavy atom. The van der Waals surface area contributed by atoms with Gasteiger partial charge < -0.3 is 16.4 Å². The van der Waals surface area contributed by atoms with Gasteiger partial charge in [0.25, 0.3) is 5.91 Å². The number of nitrogens with two attached hydrogens (primary N) is 1. The number of carbonyl (C=O) groups is 2. The normalized spacial score (nSPS) is 33.2. The molecule has 5 nitrogen and oxygen atoms in total. The standard InChI is InChI=1S/C19H25N3O2/c20-18(24)21-11-12-1-3-16(4-2-12)17(23)22-19-8-13-5-14(9-19)7-15(6-13)10-19/h1-4,13-15H,5-11H2,(H,22,23)(H3,20,21,24). The Morgan fingerprint density at radius 1 is 1.00 bits per heavy atom. The number of primary amides is 1. The van der Waals surface area contributed by atoms with Crippen molar-refractivity contribution in [2.24, 2.45) is 23.5 Å². The van der Waals surface area contributed by atoms with Crippen LogP contribution in [0.2, 0.25) is 0 Å². The van der Waals surface area contributed by atoms with E-state index in [0.717, 1.165) is 42.6 Å². The number of hydrogen-bond acceptors (Lipinski definition) is 2. The van der Waals surface area contributed by atoms with Crippen LogP contribution in [0.5, 0.6) is 0 Å². The summed E-state index contributed by atoms with van der Waals surface area (Å²) in [5.41, 5.74) is 6.73. The number of hydrogen-bond donors (Lipinski definition) is 3. The van der Waals surface area contributed by atoms with Crippen LogP contribution in [0.15, 0.2) is 24.3 Å². The summed E-state index contributed by atoms with van der Waals surface area (Å²) in [6, 6.07) is 6.84. The molecule has 0 spiro atoms. The maximum atomic E-state index is 12.7. The van der Waals surface area contributed by atoms with Crippen molar-refractivity contribution in [1.29, 1.82) is 0 Å². The molecule has 0 aliphatic heterocycles. The van der Waals surface area contributed by atoms with Crippen molar-refractivity contribution < 1.29 is 9.59 Å². The second-order valence-electron chi connectivity index (χ2n) is 8.07. The van der Waals surface area contributed by atoms with Gasteiger partial charge in [0.05, 0.1) is 0 Å². The van der Waals surface area contributed by atoms with Gasteiger partial charge in [0, 0.05) is 17.6 Å². The number of amides is 3. The minimum absolute atomic E-state index is 0.0337. The monoisotopic (exact) mass is 327 g/mol. The second-order valence-corrected chi connectivity index (χ2v) is 8.07. The van der Waals surface area contributed by atoms with E-state index in [0.29, 0.717) is 12.1 Å². The number of urea groups is 1. The molecule has 1 aromatic carbocycles. The van der Waals surface area contributed by atoms with Crippen LogP contribution in [-0.2, 0) is 6.54 Å². The fraction of sp³-hybridized carbons (Fsp3) is 0.579. The molecule has 3 amide bonds. The minimum Gasteiger partial charge on any atom is -0.352 e. The molecule has 0 aromatic heterocycles. The summed E-state index contributed by atoms with van der Waals surface area (Å²) in [6.07, 6.45) is 7.59. The first-order valence-corrected chi connectivity index (χ1v) is 8.96. The second kappa shape index (κ2) is 5.80. The van der Waals surface area contributed by atoms with Gasteiger partial charge in [-0.3, -0.25) is 4.79 Å². The number of rotatable bonds is 4. The van der Waals surface area contributed by atoms with Gasteiger partial charge in [0.1, 0.15) is 0 Å². The van der Waals surface area contributed by atoms with E-state index in [2.05, 4.69) is 10.6 Å². The summed E-state index contributed by atoms with van der Waals surface area (Å²) in [4.78, 5) is 23.5. The number of nitrogens with one attached hydrogen (secondary N) is 2. The van der Waals surface area contributed by atoms with Gasteiger partial charge in [0.15, 0.2) is 0 Å². The highest BCUT2D eigenvalue weighted by Crippen LogP contribution is 2.55. The first kappa shape index (κ1) is 15.5. The summed E-state index contributed by atoms with van der Waals surface area (Å²) in [5, 5.41) is 5.93. The lowest BCUT2D eigenvalue weighted by molar-refractivity contribution is -0.0167. The van der Waals surface area contributed by atoms with Gasteiger partial charge in [0.2, 0.25) is 0 Å². The molecule has 1 aromatic rings. The van der Waals surface area contributed by atoms with Crippen molar-refractivity contribution in [2.45, 2.75) is 50.6 Å². The smallest absolute Gasteiger partial charge is 0.312 e. The molecular weight excluding hydrogens is 302 g/mol. The molecule has 4 aliphatic rings. The summed E-state index contributed by atoms with van der Waals surface area (Å²) < 4.78 is 0. The Hall–Kier alpha value is -2.04. The fourth-order valence-corrected chi connectivity index (χ4v) is 5.54. The van der Waals surface area contributed by atoms with Crippen molar-refractivity contribution in [3.8, 4) is 0 Å². The highest BCUT2D eigenvalue weighted by atomic mass is 16.2. The Kier molecular flexibility index (Phi) is 3.74. The molecule has 4 saturated carbocycles. The van der Waals surface area contributed by atoms with E-state index in [9.17, 15) is 9.59 Å². The van der Waals surface area contributed by atoms with E-state index in [-0.39, 0.29) is 11.4 Å². The van der Waals surface area contributed by atoms with Gasteiger partial charge >= 0.3 is 6.03 Å². The highest BCUT2D eigenvalue weighted by molar-refractivity contribution is 5.94. The van der Waals surface area contributed by atoms with Crippen LogP contribution in [0.3, 0.4) is 0 Å². The average Bonchev–Trinajstić information content (AvgIpc) is 2.51. The molecule has 128 valence electrons. The van der Waals surface area contributed by atoms with Crippen molar-refractivity contribution in [3.63, 3.8) is 0 Å². The Balaban J connectivity index is 1.42. The first-order chi connectivity index (χ1) is 11.5. The zero-order chi connectivity index (χ0) is 16.7. The molecule has 0 saturated heterocycles. The van der Waals surface area contributed by atoms with Crippen LogP contribution in [0.1, 0.15) is 54.4 Å². The fourth-order valence-electron chi connectivity index (χ4n) is 5.54. The third-order valence-corrected chi connectivity index (χ3v) is 6.10. The van der Waals surface area contributed by atoms with Crippen LogP contribution in [0.4, 0.5) is 4.79 Å². The number of carbonyl (C=O) groups excluding carboxylic acids is 2. The lowest BCUT2D eigenvalue weighted by atomic mass is 9.53. The lowest BCUT2D eigenvalue weighted by Gasteiger charge is -2.56. The van der Waals surface area contributed by atoms with Crippen molar-refractivity contribution >= 4 is 11.9 Å². The third-order valence-electron chi connectivity index (χ3n) is 6.10. The quantitative estimate of drug-likeness (QED) is 0.794. The first-order valence-electron chi connectivity index (χ1n) is 8.96. The van der Waals surface area contributed by atoms with Gasteiger partial charge in [-0.15, -0.1) is 0 Å². The van der Waals surface area contributed by atoms with E-state index in [1.807, 2.05) is 24.3 Å². The van der Waals surface area contributed by atoms with E-state index in [1.165, 1.54) is 19.3 Å². The third kappa shape index (κ3) is 2.99. The molecule has 5 heteroatoms. The summed E-state index contributed by atoms with van der Waals surface area (Å²) in [7, 11) is 0. The molecule has 4 aliphatic carbocycles. The summed E-state index contributed by atoms with van der Waals surface area (Å²) in [6.45, 7) is 0.381. The van der Waals surface area contributed by atoms with Crippen molar-refractivity contribution in [1.82, 2.24) is 10.6 Å². The van der Waals surface area contributed by atoms with Gasteiger partial charge in [-0.1, -0.05) is 12.1 Å². The lowest BCUT2D eigenvalue weighted by Crippen LogP contribution is -2.59. The van der Waals surface area contributed by atoms with Crippen molar-refractivity contribution in [2.75, 3.05) is 0 Å². The molecule has 4 fully saturated rings. The van der Waals surface area contributed by atoms with E-state index < -0.39 is 6.03 Å². The van der Waals surface area contributed by atoms with Gasteiger partial charge in [-0.25, -0.2) is 4.79 Å². The van der Waals surface area contributed by atoms with Gasteiger partial charge in [-0.05, 0) is 74.0 Å². The van der Waals surface area contributed by atoms with Crippen molar-refractivity contribution in [3.05, 3.63) is 35.4 Å². The highest BCUT2D eigenvalue weighted by Gasteiger charge is 2.51. The summed E-state index contributed by atoms with van der Waals surface area (Å²) in [5.74, 6) is 2.49. The zero-order valence-electron chi connectivity index (χ0n) is 13.9. The minimum atomic E-state index is -0.543. The molecule has 24 heavy (non-hydrogen) atoms. The summed E-state index contributed by atoms with van der Waals surface area (Å²) >= 11 is 0. The molecule has 4 N–H and O–H groups in total. The SMILES string of the molecule is NC(=O)NCc1ccc(C(=O)NC23CC4CC(CC(C4)C2)C3)cc1. The average molecular weight is 327 g/mol. The molecule has 0 heterocycles. The maximum absolute atomic E-state index is 12.7. The zero-order valence-corrected chi connectivity index (χ0v) is 13.9. The van der Waals surface area contributed by atoms with Crippen LogP contribution < -0.4 is 16.4 Å². The maximum Gasteiger partial charge on any atom is 0.312 e. The predicted molar refractivity (Wildman–Crippen MR) is 91.2 cm³/mol. The molecule has 0 radical (unpaired) electrons. The molecule has 5 rings (SSSR count). The molecular formula is C19H25N3O2. The Bertz CT molecular complexity index is 618. The molecule has 4 bridgehead atoms. The van der Waals surface area contributed by atoms with Gasteiger partial charge in [-0.2, -0.15) is 0 Å². The topological polar surface area (TPSA) is 84.2 Å². The van der Waals surface area contributed by atoms with Crippen LogP contribution in [-0.4, -0.2) is 17.5 Å². The van der Waals surface area contributed by atoms with Crippen LogP contribution >= 0.6 is 0 Å². The molecule has 0 unspecified atom stereocenters. The Labute approximate surface area is 142 Å². The predicted octanol–water partition coefficient (Wildman–Crippen LogP) is 2.55. The van der Waals surface area contributed by atoms with E-state index >= 15 is 0 Å².